The monoisotopic (exact) mass is 1520 g/mol. The number of carbonyl (C=O) groups excluding carboxylic acids is 2. The Morgan fingerprint density at radius 2 is 0.694 bits per heavy atom. The van der Waals surface area contributed by atoms with E-state index in [1.165, 1.54) is 37.7 Å². The summed E-state index contributed by atoms with van der Waals surface area (Å²) >= 11 is 2.96. The number of hydrogen-bond donors (Lipinski definition) is 2. The molecule has 14 nitrogen and oxygen atoms in total. The van der Waals surface area contributed by atoms with Crippen molar-refractivity contribution in [3.63, 3.8) is 0 Å². The lowest BCUT2D eigenvalue weighted by Gasteiger charge is -2.39. The van der Waals surface area contributed by atoms with Gasteiger partial charge in [0.2, 0.25) is 0 Å². The standard InChI is InChI=1S/2C45H50N2O5S2/c2*1-5-7-28-44(6-2)32-47(37-26-18-11-19-27-37)39-29-41(53-4)40(30-42(39)54(49,50)33-44)52-31-38(43(48)51-3)46-45(34-20-12-8-13-21-34,35-22-14-9-15-23-35)36-24-16-10-17-25-36/h2*8-27,29-30,38,46H,5-7,28,31-33H2,1-4H3/t38-,44+;38-,44-/m11/s1. The van der Waals surface area contributed by atoms with Crippen molar-refractivity contribution < 1.29 is 45.4 Å². The lowest BCUT2D eigenvalue weighted by Crippen LogP contribution is -2.55. The molecular weight excluding hydrogens is 1430 g/mol. The Hall–Kier alpha value is -9.14. The molecular formula is C90H100N4O10S4. The van der Waals surface area contributed by atoms with Crippen LogP contribution in [0, 0.1) is 10.8 Å². The number of hydrogen-bond acceptors (Lipinski definition) is 16. The number of carbonyl (C=O) groups is 2. The predicted molar refractivity (Wildman–Crippen MR) is 439 cm³/mol. The lowest BCUT2D eigenvalue weighted by molar-refractivity contribution is -0.145. The molecule has 0 aliphatic carbocycles. The van der Waals surface area contributed by atoms with Gasteiger partial charge in [-0.25, -0.2) is 16.8 Å². The summed E-state index contributed by atoms with van der Waals surface area (Å²) in [7, 11) is -4.77. The highest BCUT2D eigenvalue weighted by Crippen LogP contribution is 2.50. The van der Waals surface area contributed by atoms with Crippen LogP contribution in [0.4, 0.5) is 22.7 Å². The molecule has 108 heavy (non-hydrogen) atoms. The van der Waals surface area contributed by atoms with Crippen molar-refractivity contribution in [1.82, 2.24) is 10.6 Å². The number of rotatable bonds is 30. The van der Waals surface area contributed by atoms with Gasteiger partial charge in [-0.1, -0.05) is 272 Å². The van der Waals surface area contributed by atoms with E-state index in [0.717, 1.165) is 106 Å². The molecule has 10 aromatic rings. The van der Waals surface area contributed by atoms with Gasteiger partial charge in [-0.3, -0.25) is 20.2 Å². The van der Waals surface area contributed by atoms with Gasteiger partial charge in [0.25, 0.3) is 0 Å². The predicted octanol–water partition coefficient (Wildman–Crippen LogP) is 18.8. The molecule has 0 radical (unpaired) electrons. The van der Waals surface area contributed by atoms with Crippen molar-refractivity contribution in [1.29, 1.82) is 0 Å². The third kappa shape index (κ3) is 17.6. The van der Waals surface area contributed by atoms with Gasteiger partial charge in [0.15, 0.2) is 19.7 Å². The Morgan fingerprint density at radius 3 is 0.935 bits per heavy atom. The number of unbranched alkanes of at least 4 members (excludes halogenated alkanes) is 2. The van der Waals surface area contributed by atoms with Gasteiger partial charge in [-0.15, -0.1) is 23.5 Å². The number of nitrogens with one attached hydrogen (secondary N) is 2. The molecule has 2 aliphatic rings. The van der Waals surface area contributed by atoms with Crippen molar-refractivity contribution in [3.05, 3.63) is 300 Å². The molecule has 564 valence electrons. The highest BCUT2D eigenvalue weighted by molar-refractivity contribution is 7.99. The summed E-state index contributed by atoms with van der Waals surface area (Å²) in [5.74, 6) is -0.120. The first-order valence-electron chi connectivity index (χ1n) is 37.2. The average Bonchev–Trinajstić information content (AvgIpc) is 0.981. The van der Waals surface area contributed by atoms with E-state index in [-0.39, 0.29) is 34.5 Å². The highest BCUT2D eigenvalue weighted by Gasteiger charge is 2.46. The normalized spacial score (nSPS) is 17.2. The number of benzene rings is 10. The van der Waals surface area contributed by atoms with E-state index >= 15 is 0 Å². The summed E-state index contributed by atoms with van der Waals surface area (Å²) in [6, 6.07) is 85.5. The van der Waals surface area contributed by atoms with Gasteiger partial charge in [-0.2, -0.15) is 0 Å². The minimum Gasteiger partial charge on any atom is -0.490 e. The van der Waals surface area contributed by atoms with Crippen LogP contribution < -0.4 is 29.9 Å². The summed E-state index contributed by atoms with van der Waals surface area (Å²) in [6.07, 6.45) is 10.9. The molecule has 0 spiro atoms. The van der Waals surface area contributed by atoms with Crippen LogP contribution in [-0.4, -0.2) is 105 Å². The van der Waals surface area contributed by atoms with E-state index in [4.69, 9.17) is 18.9 Å². The number of anilines is 4. The molecule has 0 fully saturated rings. The van der Waals surface area contributed by atoms with Crippen molar-refractivity contribution >= 4 is 77.9 Å². The van der Waals surface area contributed by atoms with Crippen LogP contribution in [0.3, 0.4) is 0 Å². The van der Waals surface area contributed by atoms with Crippen LogP contribution >= 0.6 is 23.5 Å². The molecule has 0 bridgehead atoms. The number of thioether (sulfide) groups is 2. The smallest absolute Gasteiger partial charge is 0.326 e. The number of nitrogens with zero attached hydrogens (tertiary/aromatic N) is 2. The number of esters is 2. The van der Waals surface area contributed by atoms with Crippen molar-refractivity contribution in [2.24, 2.45) is 10.8 Å². The molecule has 10 aromatic carbocycles. The maximum atomic E-state index is 14.5. The molecule has 2 heterocycles. The number of para-hydroxylation sites is 2. The van der Waals surface area contributed by atoms with Gasteiger partial charge < -0.3 is 28.7 Å². The van der Waals surface area contributed by atoms with E-state index in [2.05, 4.69) is 48.1 Å². The zero-order chi connectivity index (χ0) is 76.4. The summed E-state index contributed by atoms with van der Waals surface area (Å²) < 4.78 is 82.1. The Kier molecular flexibility index (Phi) is 26.9. The third-order valence-corrected chi connectivity index (χ3v) is 26.8. The quantitative estimate of drug-likeness (QED) is 0.0247. The molecule has 0 saturated heterocycles. The fourth-order valence-electron chi connectivity index (χ4n) is 15.4. The number of fused-ring (bicyclic) bond motifs is 2. The first-order valence-corrected chi connectivity index (χ1v) is 43.0. The van der Waals surface area contributed by atoms with Crippen LogP contribution in [0.5, 0.6) is 11.5 Å². The molecule has 4 atom stereocenters. The van der Waals surface area contributed by atoms with Gasteiger partial charge in [0, 0.05) is 47.4 Å². The average molecular weight is 1530 g/mol. The fraction of sp³-hybridized carbons (Fsp3) is 0.311. The van der Waals surface area contributed by atoms with Gasteiger partial charge >= 0.3 is 11.9 Å². The minimum atomic E-state index is -3.75. The zero-order valence-corrected chi connectivity index (χ0v) is 66.3. The van der Waals surface area contributed by atoms with Crippen molar-refractivity contribution in [2.45, 2.75) is 122 Å². The summed E-state index contributed by atoms with van der Waals surface area (Å²) in [5.41, 5.74) is 5.96. The second kappa shape index (κ2) is 36.4. The van der Waals surface area contributed by atoms with Gasteiger partial charge in [-0.05, 0) is 108 Å². The number of sulfone groups is 2. The second-order valence-corrected chi connectivity index (χ2v) is 33.6. The molecule has 2 N–H and O–H groups in total. The highest BCUT2D eigenvalue weighted by atomic mass is 32.2. The van der Waals surface area contributed by atoms with E-state index in [1.807, 2.05) is 267 Å². The van der Waals surface area contributed by atoms with E-state index in [9.17, 15) is 26.4 Å². The van der Waals surface area contributed by atoms with E-state index < -0.39 is 65.6 Å². The summed E-state index contributed by atoms with van der Waals surface area (Å²) in [6.45, 7) is 9.43. The Morgan fingerprint density at radius 1 is 0.426 bits per heavy atom. The Balaban J connectivity index is 0.000000215. The first kappa shape index (κ1) is 79.9. The Bertz CT molecular complexity index is 4310. The van der Waals surface area contributed by atoms with Crippen LogP contribution in [-0.2, 0) is 49.8 Å². The van der Waals surface area contributed by atoms with Gasteiger partial charge in [0.1, 0.15) is 36.8 Å². The second-order valence-electron chi connectivity index (χ2n) is 28.0. The van der Waals surface area contributed by atoms with Crippen LogP contribution in [0.2, 0.25) is 0 Å². The minimum absolute atomic E-state index is 0.0466. The number of methoxy groups -OCH3 is 2. The SMILES string of the molecule is CCCC[C@@]1(CC)CN(c2ccccc2)c2cc(SC)c(OC[C@@H](NC(c3ccccc3)(c3ccccc3)c3ccccc3)C(=O)OC)cc2S(=O)(=O)C1.CCCC[C@]1(CC)CN(c2ccccc2)c2cc(SC)c(OC[C@@H](NC(c3ccccc3)(c3ccccc3)c3ccccc3)C(=O)OC)cc2S(=O)(=O)C1. The van der Waals surface area contributed by atoms with Crippen LogP contribution in [0.25, 0.3) is 0 Å². The van der Waals surface area contributed by atoms with E-state index in [0.29, 0.717) is 36.0 Å². The maximum absolute atomic E-state index is 14.5. The lowest BCUT2D eigenvalue weighted by atomic mass is 9.76. The topological polar surface area (TPSA) is 170 Å². The van der Waals surface area contributed by atoms with Crippen LogP contribution in [0.1, 0.15) is 112 Å². The fourth-order valence-corrected chi connectivity index (χ4v) is 20.9. The molecule has 0 amide bonds. The molecule has 12 rings (SSSR count). The van der Waals surface area contributed by atoms with E-state index in [1.54, 1.807) is 12.1 Å². The third-order valence-electron chi connectivity index (χ3n) is 21.3. The molecule has 0 aromatic heterocycles. The van der Waals surface area contributed by atoms with Crippen molar-refractivity contribution in [3.8, 4) is 11.5 Å². The number of ether oxygens (including phenoxy) is 4. The summed E-state index contributed by atoms with van der Waals surface area (Å²) in [4.78, 5) is 33.9. The molecule has 2 aliphatic heterocycles. The largest absolute Gasteiger partial charge is 0.490 e. The first-order chi connectivity index (χ1) is 52.4. The molecule has 0 unspecified atom stereocenters. The zero-order valence-electron chi connectivity index (χ0n) is 63.1. The summed E-state index contributed by atoms with van der Waals surface area (Å²) in [5, 5.41) is 7.39. The van der Waals surface area contributed by atoms with Gasteiger partial charge in [0.05, 0.1) is 67.8 Å². The van der Waals surface area contributed by atoms with Crippen molar-refractivity contribution in [2.75, 3.05) is 74.3 Å². The molecule has 18 heteroatoms. The van der Waals surface area contributed by atoms with Crippen LogP contribution in [0.15, 0.2) is 287 Å². The Labute approximate surface area is 648 Å². The maximum Gasteiger partial charge on any atom is 0.326 e. The molecule has 0 saturated carbocycles.